The van der Waals surface area contributed by atoms with E-state index in [0.29, 0.717) is 0 Å². The average molecular weight is 383 g/mol. The van der Waals surface area contributed by atoms with Crippen molar-refractivity contribution in [2.75, 3.05) is 6.61 Å². The van der Waals surface area contributed by atoms with E-state index in [-0.39, 0.29) is 25.5 Å². The first-order chi connectivity index (χ1) is 6.65. The lowest BCUT2D eigenvalue weighted by molar-refractivity contribution is 0.349. The molecular weight excluding hydrogens is 367 g/mol. The molecule has 1 fully saturated rings. The third-order valence-corrected chi connectivity index (χ3v) is 6.37. The van der Waals surface area contributed by atoms with Crippen molar-refractivity contribution >= 4 is 55.1 Å². The summed E-state index contributed by atoms with van der Waals surface area (Å²) in [5.74, 6) is 0. The molecule has 0 aromatic heterocycles. The molecule has 0 amide bonds. The Morgan fingerprint density at radius 1 is 1.47 bits per heavy atom. The summed E-state index contributed by atoms with van der Waals surface area (Å²) < 4.78 is 5.16. The number of halogens is 4. The van der Waals surface area contributed by atoms with Gasteiger partial charge in [0, 0.05) is 14.5 Å². The first-order valence-electron chi connectivity index (χ1n) is 4.93. The maximum atomic E-state index is 6.43. The van der Waals surface area contributed by atoms with Crippen LogP contribution in [0.2, 0.25) is 0 Å². The maximum Gasteiger partial charge on any atom is 0.101 e. The van der Waals surface area contributed by atoms with Crippen molar-refractivity contribution in [1.82, 2.24) is 0 Å². The molecule has 1 aliphatic heterocycles. The van der Waals surface area contributed by atoms with Crippen LogP contribution in [0.3, 0.4) is 0 Å². The molecule has 0 bridgehead atoms. The Hall–Kier alpha value is 1.50. The van der Waals surface area contributed by atoms with Crippen molar-refractivity contribution in [3.8, 4) is 0 Å². The summed E-state index contributed by atoms with van der Waals surface area (Å²) in [6.45, 7) is 6.87. The van der Waals surface area contributed by atoms with E-state index in [1.165, 1.54) is 0 Å². The highest BCUT2D eigenvalue weighted by molar-refractivity contribution is 9.10. The predicted octanol–water partition coefficient (Wildman–Crippen LogP) is 4.32. The van der Waals surface area contributed by atoms with E-state index in [2.05, 4.69) is 45.7 Å². The van der Waals surface area contributed by atoms with Gasteiger partial charge in [-0.1, -0.05) is 31.9 Å². The quantitative estimate of drug-likeness (QED) is 0.509. The minimum atomic E-state index is -0.370. The van der Waals surface area contributed by atoms with E-state index in [4.69, 9.17) is 27.9 Å². The van der Waals surface area contributed by atoms with Crippen molar-refractivity contribution < 1.29 is 4.74 Å². The lowest BCUT2D eigenvalue weighted by Gasteiger charge is -2.31. The van der Waals surface area contributed by atoms with Gasteiger partial charge in [-0.05, 0) is 27.2 Å². The molecular formula is C10H16Br2Cl2O. The van der Waals surface area contributed by atoms with Crippen LogP contribution < -0.4 is 0 Å². The Balaban J connectivity index is 2.51. The van der Waals surface area contributed by atoms with E-state index < -0.39 is 0 Å². The van der Waals surface area contributed by atoms with E-state index in [1.807, 2.05) is 6.92 Å². The summed E-state index contributed by atoms with van der Waals surface area (Å²) in [4.78, 5) is -0.218. The largest absolute Gasteiger partial charge is 0.371 e. The van der Waals surface area contributed by atoms with Gasteiger partial charge in [-0.2, -0.15) is 0 Å². The zero-order valence-corrected chi connectivity index (χ0v) is 13.8. The van der Waals surface area contributed by atoms with Crippen LogP contribution in [0.15, 0.2) is 0 Å². The van der Waals surface area contributed by atoms with Crippen molar-refractivity contribution in [3.63, 3.8) is 0 Å². The standard InChI is InChI=1S/C10H16Br2Cl2O/c1-9(2,12)7(13)4-6(11)10(3,14)8-5-15-8/h6-8H,4-5H2,1-3H3. The van der Waals surface area contributed by atoms with Crippen molar-refractivity contribution in [2.45, 2.75) is 52.7 Å². The highest BCUT2D eigenvalue weighted by atomic mass is 79.9. The number of hydrogen-bond donors (Lipinski definition) is 0. The van der Waals surface area contributed by atoms with Gasteiger partial charge in [0.15, 0.2) is 0 Å². The van der Waals surface area contributed by atoms with Gasteiger partial charge < -0.3 is 4.74 Å². The third-order valence-electron chi connectivity index (χ3n) is 2.73. The first-order valence-corrected chi connectivity index (χ1v) is 7.45. The molecule has 4 atom stereocenters. The molecule has 5 heteroatoms. The zero-order valence-electron chi connectivity index (χ0n) is 9.07. The van der Waals surface area contributed by atoms with E-state index in [0.717, 1.165) is 13.0 Å². The van der Waals surface area contributed by atoms with Crippen LogP contribution in [-0.2, 0) is 4.74 Å². The normalized spacial score (nSPS) is 29.4. The Kier molecular flexibility index (Phi) is 4.86. The average Bonchev–Trinajstić information content (AvgIpc) is 2.83. The fourth-order valence-corrected chi connectivity index (χ4v) is 2.73. The van der Waals surface area contributed by atoms with Crippen molar-refractivity contribution in [1.29, 1.82) is 0 Å². The molecule has 1 heterocycles. The van der Waals surface area contributed by atoms with Gasteiger partial charge in [-0.25, -0.2) is 0 Å². The number of epoxide rings is 1. The summed E-state index contributed by atoms with van der Waals surface area (Å²) in [7, 11) is 0. The van der Waals surface area contributed by atoms with Gasteiger partial charge in [0.2, 0.25) is 0 Å². The van der Waals surface area contributed by atoms with Crippen LogP contribution in [0.1, 0.15) is 27.2 Å². The third kappa shape index (κ3) is 4.02. The topological polar surface area (TPSA) is 12.5 Å². The van der Waals surface area contributed by atoms with Gasteiger partial charge in [-0.3, -0.25) is 0 Å². The Morgan fingerprint density at radius 3 is 2.27 bits per heavy atom. The van der Waals surface area contributed by atoms with Gasteiger partial charge in [0.05, 0.1) is 11.5 Å². The van der Waals surface area contributed by atoms with Crippen molar-refractivity contribution in [3.05, 3.63) is 0 Å². The summed E-state index contributed by atoms with van der Waals surface area (Å²) in [6, 6.07) is 0. The summed E-state index contributed by atoms with van der Waals surface area (Å²) in [6.07, 6.45) is 0.963. The summed E-state index contributed by atoms with van der Waals surface area (Å²) in [5.41, 5.74) is 0. The highest BCUT2D eigenvalue weighted by Gasteiger charge is 2.47. The van der Waals surface area contributed by atoms with Crippen molar-refractivity contribution in [2.24, 2.45) is 0 Å². The Bertz CT molecular complexity index is 224. The number of alkyl halides is 4. The van der Waals surface area contributed by atoms with E-state index in [9.17, 15) is 0 Å². The van der Waals surface area contributed by atoms with Gasteiger partial charge in [-0.15, -0.1) is 23.2 Å². The second-order valence-corrected chi connectivity index (χ2v) is 9.20. The van der Waals surface area contributed by atoms with Crippen LogP contribution in [0.4, 0.5) is 0 Å². The number of rotatable bonds is 5. The first kappa shape index (κ1) is 14.6. The molecule has 4 unspecified atom stereocenters. The highest BCUT2D eigenvalue weighted by Crippen LogP contribution is 2.41. The molecule has 0 aromatic rings. The van der Waals surface area contributed by atoms with Crippen LogP contribution in [0, 0.1) is 0 Å². The van der Waals surface area contributed by atoms with Gasteiger partial charge in [0.25, 0.3) is 0 Å². The molecule has 1 aliphatic rings. The van der Waals surface area contributed by atoms with Crippen LogP contribution in [0.25, 0.3) is 0 Å². The number of ether oxygens (including phenoxy) is 1. The number of hydrogen-bond acceptors (Lipinski definition) is 1. The predicted molar refractivity (Wildman–Crippen MR) is 74.0 cm³/mol. The maximum absolute atomic E-state index is 6.43. The fraction of sp³-hybridized carbons (Fsp3) is 1.00. The fourth-order valence-electron chi connectivity index (χ4n) is 1.27. The molecule has 1 nitrogen and oxygen atoms in total. The molecule has 90 valence electrons. The molecule has 0 saturated carbocycles. The zero-order chi connectivity index (χ0) is 11.9. The summed E-state index contributed by atoms with van der Waals surface area (Å²) in [5, 5.41) is 0.0266. The van der Waals surface area contributed by atoms with Gasteiger partial charge in [0.1, 0.15) is 6.10 Å². The molecule has 0 spiro atoms. The van der Waals surface area contributed by atoms with E-state index in [1.54, 1.807) is 0 Å². The second kappa shape index (κ2) is 5.01. The molecule has 0 aliphatic carbocycles. The lowest BCUT2D eigenvalue weighted by Crippen LogP contribution is -2.39. The Morgan fingerprint density at radius 2 is 1.93 bits per heavy atom. The molecule has 15 heavy (non-hydrogen) atoms. The molecule has 0 radical (unpaired) electrons. The minimum Gasteiger partial charge on any atom is -0.371 e. The smallest absolute Gasteiger partial charge is 0.101 e. The molecule has 0 N–H and O–H groups in total. The molecule has 1 rings (SSSR count). The Labute approximate surface area is 118 Å². The summed E-state index contributed by atoms with van der Waals surface area (Å²) >= 11 is 19.9. The lowest BCUT2D eigenvalue weighted by atomic mass is 9.96. The van der Waals surface area contributed by atoms with Crippen LogP contribution >= 0.6 is 55.1 Å². The van der Waals surface area contributed by atoms with Gasteiger partial charge >= 0.3 is 0 Å². The van der Waals surface area contributed by atoms with E-state index >= 15 is 0 Å². The minimum absolute atomic E-state index is 0.0266. The van der Waals surface area contributed by atoms with Crippen LogP contribution in [-0.4, -0.2) is 32.1 Å². The second-order valence-electron chi connectivity index (χ2n) is 4.71. The molecule has 1 saturated heterocycles. The SMILES string of the molecule is CC(C)(Br)C(Cl)CC(Br)C(C)(Cl)C1CO1. The molecule has 0 aromatic carbocycles. The monoisotopic (exact) mass is 380 g/mol. The van der Waals surface area contributed by atoms with Crippen LogP contribution in [0.5, 0.6) is 0 Å².